The van der Waals surface area contributed by atoms with Crippen molar-refractivity contribution < 1.29 is 22.2 Å². The summed E-state index contributed by atoms with van der Waals surface area (Å²) in [7, 11) is -3.68. The van der Waals surface area contributed by atoms with Gasteiger partial charge in [-0.15, -0.1) is 0 Å². The number of rotatable bonds is 10. The Morgan fingerprint density at radius 1 is 1.21 bits per heavy atom. The molecule has 1 aliphatic carbocycles. The number of benzene rings is 1. The Bertz CT molecular complexity index is 1210. The first-order valence-corrected chi connectivity index (χ1v) is 12.2. The minimum atomic E-state index is -3.68. The Labute approximate surface area is 192 Å². The Kier molecular flexibility index (Phi) is 6.75. The van der Waals surface area contributed by atoms with Gasteiger partial charge in [0, 0.05) is 12.0 Å². The minimum Gasteiger partial charge on any atom is -0.468 e. The number of hydrogen-bond acceptors (Lipinski definition) is 7. The van der Waals surface area contributed by atoms with Crippen molar-refractivity contribution in [2.24, 2.45) is 5.92 Å². The van der Waals surface area contributed by atoms with Gasteiger partial charge in [0.25, 0.3) is 0 Å². The number of carbonyl (C=O) groups is 1. The highest BCUT2D eigenvalue weighted by Gasteiger charge is 2.31. The van der Waals surface area contributed by atoms with E-state index in [2.05, 4.69) is 20.2 Å². The molecule has 3 aromatic rings. The lowest BCUT2D eigenvalue weighted by molar-refractivity contribution is -0.117. The molecule has 1 amide bonds. The summed E-state index contributed by atoms with van der Waals surface area (Å²) in [4.78, 5) is 17.0. The second-order valence-electron chi connectivity index (χ2n) is 8.30. The summed E-state index contributed by atoms with van der Waals surface area (Å²) in [5.41, 5.74) is 0.685. The molecule has 0 bridgehead atoms. The molecule has 2 aromatic heterocycles. The normalized spacial score (nSPS) is 15.2. The van der Waals surface area contributed by atoms with E-state index in [1.807, 2.05) is 13.8 Å². The van der Waals surface area contributed by atoms with E-state index in [-0.39, 0.29) is 23.3 Å². The van der Waals surface area contributed by atoms with Gasteiger partial charge < -0.3 is 14.3 Å². The fourth-order valence-electron chi connectivity index (χ4n) is 3.19. The van der Waals surface area contributed by atoms with Crippen LogP contribution in [0.1, 0.15) is 61.7 Å². The molecule has 1 aromatic carbocycles. The van der Waals surface area contributed by atoms with Crippen LogP contribution in [0.2, 0.25) is 0 Å². The highest BCUT2D eigenvalue weighted by atomic mass is 32.2. The molecule has 2 heterocycles. The zero-order chi connectivity index (χ0) is 23.4. The molecule has 10 heteroatoms. The SMILES string of the molecule is CC(C)C(NC(=O)/C=C/c1ccc(S(=O)(=O)NCc2ccco2)cc1)c1nc(C2CC2)no1. The number of carbonyl (C=O) groups excluding carboxylic acids is 1. The average Bonchev–Trinajstić information content (AvgIpc) is 3.30. The van der Waals surface area contributed by atoms with Crippen LogP contribution in [0.4, 0.5) is 0 Å². The van der Waals surface area contributed by atoms with Crippen LogP contribution in [0.15, 0.2) is 62.6 Å². The number of aromatic nitrogens is 2. The van der Waals surface area contributed by atoms with Crippen LogP contribution >= 0.6 is 0 Å². The maximum Gasteiger partial charge on any atom is 0.249 e. The summed E-state index contributed by atoms with van der Waals surface area (Å²) in [6, 6.07) is 9.21. The summed E-state index contributed by atoms with van der Waals surface area (Å²) >= 11 is 0. The monoisotopic (exact) mass is 470 g/mol. The van der Waals surface area contributed by atoms with Gasteiger partial charge in [-0.05, 0) is 54.7 Å². The van der Waals surface area contributed by atoms with E-state index >= 15 is 0 Å². The molecular formula is C23H26N4O5S. The third kappa shape index (κ3) is 5.96. The molecule has 1 unspecified atom stereocenters. The number of nitrogens with zero attached hydrogens (tertiary/aromatic N) is 2. The van der Waals surface area contributed by atoms with Crippen LogP contribution in [0, 0.1) is 5.92 Å². The Morgan fingerprint density at radius 2 is 1.97 bits per heavy atom. The summed E-state index contributed by atoms with van der Waals surface area (Å²) in [5.74, 6) is 1.76. The number of sulfonamides is 1. The third-order valence-corrected chi connectivity index (χ3v) is 6.68. The van der Waals surface area contributed by atoms with Crippen LogP contribution < -0.4 is 10.0 Å². The summed E-state index contributed by atoms with van der Waals surface area (Å²) in [5, 5.41) is 6.93. The number of amides is 1. The van der Waals surface area contributed by atoms with Crippen molar-refractivity contribution in [3.8, 4) is 0 Å². The van der Waals surface area contributed by atoms with Gasteiger partial charge in [0.05, 0.1) is 17.7 Å². The van der Waals surface area contributed by atoms with E-state index in [4.69, 9.17) is 8.94 Å². The van der Waals surface area contributed by atoms with Crippen LogP contribution in [0.3, 0.4) is 0 Å². The van der Waals surface area contributed by atoms with Gasteiger partial charge in [0.2, 0.25) is 21.8 Å². The molecule has 0 aliphatic heterocycles. The number of furan rings is 1. The molecule has 0 spiro atoms. The average molecular weight is 471 g/mol. The maximum absolute atomic E-state index is 12.5. The molecule has 9 nitrogen and oxygen atoms in total. The number of nitrogens with one attached hydrogen (secondary N) is 2. The largest absolute Gasteiger partial charge is 0.468 e. The molecule has 1 aliphatic rings. The quantitative estimate of drug-likeness (QED) is 0.434. The molecule has 1 saturated carbocycles. The smallest absolute Gasteiger partial charge is 0.249 e. The predicted octanol–water partition coefficient (Wildman–Crippen LogP) is 3.55. The fourth-order valence-corrected chi connectivity index (χ4v) is 4.18. The molecule has 33 heavy (non-hydrogen) atoms. The zero-order valence-electron chi connectivity index (χ0n) is 18.4. The van der Waals surface area contributed by atoms with Gasteiger partial charge in [-0.2, -0.15) is 4.98 Å². The molecule has 0 saturated heterocycles. The van der Waals surface area contributed by atoms with Crippen molar-refractivity contribution in [3.05, 3.63) is 71.8 Å². The lowest BCUT2D eigenvalue weighted by Gasteiger charge is -2.17. The molecule has 0 radical (unpaired) electrons. The van der Waals surface area contributed by atoms with E-state index in [9.17, 15) is 13.2 Å². The van der Waals surface area contributed by atoms with E-state index in [1.165, 1.54) is 24.5 Å². The van der Waals surface area contributed by atoms with Crippen molar-refractivity contribution >= 4 is 22.0 Å². The molecule has 174 valence electrons. The third-order valence-electron chi connectivity index (χ3n) is 5.26. The molecule has 4 rings (SSSR count). The predicted molar refractivity (Wildman–Crippen MR) is 120 cm³/mol. The minimum absolute atomic E-state index is 0.0630. The van der Waals surface area contributed by atoms with Crippen LogP contribution in [0.25, 0.3) is 6.08 Å². The van der Waals surface area contributed by atoms with Gasteiger partial charge >= 0.3 is 0 Å². The van der Waals surface area contributed by atoms with Crippen molar-refractivity contribution in [1.29, 1.82) is 0 Å². The van der Waals surface area contributed by atoms with Crippen LogP contribution in [-0.4, -0.2) is 24.5 Å². The van der Waals surface area contributed by atoms with Crippen molar-refractivity contribution in [2.45, 2.75) is 50.1 Å². The summed E-state index contributed by atoms with van der Waals surface area (Å²) in [6.45, 7) is 4.00. The van der Waals surface area contributed by atoms with Gasteiger partial charge in [-0.1, -0.05) is 31.1 Å². The van der Waals surface area contributed by atoms with Gasteiger partial charge in [-0.25, -0.2) is 13.1 Å². The highest BCUT2D eigenvalue weighted by molar-refractivity contribution is 7.89. The van der Waals surface area contributed by atoms with E-state index in [1.54, 1.807) is 30.3 Å². The van der Waals surface area contributed by atoms with Crippen molar-refractivity contribution in [1.82, 2.24) is 20.2 Å². The van der Waals surface area contributed by atoms with Crippen molar-refractivity contribution in [2.75, 3.05) is 0 Å². The van der Waals surface area contributed by atoms with Gasteiger partial charge in [0.15, 0.2) is 5.82 Å². The highest BCUT2D eigenvalue weighted by Crippen LogP contribution is 2.38. The standard InChI is InChI=1S/C23H26N4O5S/c1-15(2)21(23-26-22(27-32-23)17-8-9-17)25-20(28)12-7-16-5-10-19(11-6-16)33(29,30)24-14-18-4-3-13-31-18/h3-7,10-13,15,17,21,24H,8-9,14H2,1-2H3,(H,25,28)/b12-7+. The van der Waals surface area contributed by atoms with Crippen molar-refractivity contribution in [3.63, 3.8) is 0 Å². The second kappa shape index (κ2) is 9.72. The lowest BCUT2D eigenvalue weighted by Crippen LogP contribution is -2.30. The molecule has 1 atom stereocenters. The molecule has 1 fully saturated rings. The molecular weight excluding hydrogens is 444 g/mol. The Hall–Kier alpha value is -3.24. The maximum atomic E-state index is 12.5. The topological polar surface area (TPSA) is 127 Å². The molecule has 2 N–H and O–H groups in total. The second-order valence-corrected chi connectivity index (χ2v) is 10.1. The first-order valence-electron chi connectivity index (χ1n) is 10.8. The summed E-state index contributed by atoms with van der Waals surface area (Å²) < 4.78 is 37.8. The first kappa shape index (κ1) is 22.9. The van der Waals surface area contributed by atoms with Crippen LogP contribution in [-0.2, 0) is 21.4 Å². The zero-order valence-corrected chi connectivity index (χ0v) is 19.2. The lowest BCUT2D eigenvalue weighted by atomic mass is 10.0. The van der Waals surface area contributed by atoms with E-state index in [0.717, 1.165) is 12.8 Å². The first-order chi connectivity index (χ1) is 15.8. The summed E-state index contributed by atoms with van der Waals surface area (Å²) in [6.07, 6.45) is 6.63. The Balaban J connectivity index is 1.35. The fraction of sp³-hybridized carbons (Fsp3) is 0.348. The van der Waals surface area contributed by atoms with Gasteiger partial charge in [0.1, 0.15) is 11.8 Å². The van der Waals surface area contributed by atoms with Crippen LogP contribution in [0.5, 0.6) is 0 Å². The van der Waals surface area contributed by atoms with E-state index in [0.29, 0.717) is 29.0 Å². The van der Waals surface area contributed by atoms with E-state index < -0.39 is 16.1 Å². The van der Waals surface area contributed by atoms with Gasteiger partial charge in [-0.3, -0.25) is 4.79 Å². The number of hydrogen-bond donors (Lipinski definition) is 2. The Morgan fingerprint density at radius 3 is 2.61 bits per heavy atom.